The number of nitrogens with zero attached hydrogens (tertiary/aromatic N) is 2. The monoisotopic (exact) mass is 493 g/mol. The van der Waals surface area contributed by atoms with Crippen LogP contribution in [0.5, 0.6) is 11.5 Å². The first-order valence-electron chi connectivity index (χ1n) is 9.04. The Morgan fingerprint density at radius 2 is 1.94 bits per heavy atom. The molecule has 1 heterocycles. The number of rotatable bonds is 7. The Morgan fingerprint density at radius 1 is 1.12 bits per heavy atom. The van der Waals surface area contributed by atoms with Crippen LogP contribution in [0.1, 0.15) is 11.1 Å². The van der Waals surface area contributed by atoms with Crippen LogP contribution in [0.25, 0.3) is 0 Å². The number of thioether (sulfide) groups is 1. The number of hydrogen-bond donors (Lipinski definition) is 1. The molecule has 1 N–H and O–H groups in total. The second-order valence-corrected chi connectivity index (χ2v) is 8.03. The van der Waals surface area contributed by atoms with Crippen molar-refractivity contribution in [2.24, 2.45) is 10.2 Å². The maximum absolute atomic E-state index is 11.8. The van der Waals surface area contributed by atoms with Crippen LogP contribution in [-0.2, 0) is 20.9 Å². The lowest BCUT2D eigenvalue weighted by molar-refractivity contribution is -0.135. The van der Waals surface area contributed by atoms with Gasteiger partial charge in [0.15, 0.2) is 16.7 Å². The maximum Gasteiger partial charge on any atom is 0.331 e. The predicted octanol–water partition coefficient (Wildman–Crippen LogP) is 4.19. The highest BCUT2D eigenvalue weighted by molar-refractivity contribution is 8.18. The van der Waals surface area contributed by atoms with Gasteiger partial charge < -0.3 is 14.2 Å². The summed E-state index contributed by atoms with van der Waals surface area (Å²) in [6.07, 6.45) is 2.58. The zero-order valence-corrected chi connectivity index (χ0v) is 19.3. The molecule has 0 radical (unpaired) electrons. The lowest BCUT2D eigenvalue weighted by Crippen LogP contribution is -2.19. The Kier molecular flexibility index (Phi) is 8.15. The van der Waals surface area contributed by atoms with Gasteiger partial charge in [-0.3, -0.25) is 10.1 Å². The SMILES string of the molecule is COC(=O)/C=C1/S/C(=N\N=Cc2ccc(OCc3ccc(Cl)c(Cl)c3)c(OC)c2)NC1=O. The van der Waals surface area contributed by atoms with Crippen molar-refractivity contribution >= 4 is 58.2 Å². The van der Waals surface area contributed by atoms with E-state index in [1.807, 2.05) is 6.07 Å². The van der Waals surface area contributed by atoms with Crippen molar-refractivity contribution in [3.8, 4) is 11.5 Å². The largest absolute Gasteiger partial charge is 0.493 e. The molecule has 1 saturated heterocycles. The summed E-state index contributed by atoms with van der Waals surface area (Å²) in [5.74, 6) is -0.0211. The van der Waals surface area contributed by atoms with Crippen molar-refractivity contribution in [3.05, 3.63) is 68.6 Å². The van der Waals surface area contributed by atoms with E-state index in [0.29, 0.717) is 27.1 Å². The minimum Gasteiger partial charge on any atom is -0.493 e. The molecule has 2 aromatic carbocycles. The van der Waals surface area contributed by atoms with E-state index in [4.69, 9.17) is 32.7 Å². The zero-order chi connectivity index (χ0) is 23.1. The van der Waals surface area contributed by atoms with E-state index in [-0.39, 0.29) is 16.7 Å². The minimum absolute atomic E-state index is 0.177. The van der Waals surface area contributed by atoms with Gasteiger partial charge in [-0.15, -0.1) is 5.10 Å². The third kappa shape index (κ3) is 6.25. The molecule has 0 bridgehead atoms. The summed E-state index contributed by atoms with van der Waals surface area (Å²) in [6.45, 7) is 0.284. The number of amides is 1. The second kappa shape index (κ2) is 11.0. The van der Waals surface area contributed by atoms with Gasteiger partial charge in [0.05, 0.1) is 35.4 Å². The molecule has 3 rings (SSSR count). The quantitative estimate of drug-likeness (QED) is 0.268. The van der Waals surface area contributed by atoms with Gasteiger partial charge in [-0.25, -0.2) is 4.79 Å². The number of halogens is 2. The number of methoxy groups -OCH3 is 2. The molecule has 166 valence electrons. The van der Waals surface area contributed by atoms with Crippen molar-refractivity contribution in [2.75, 3.05) is 14.2 Å². The van der Waals surface area contributed by atoms with E-state index < -0.39 is 11.9 Å². The normalized spacial score (nSPS) is 15.9. The topological polar surface area (TPSA) is 98.6 Å². The number of hydrogen-bond acceptors (Lipinski definition) is 8. The standard InChI is InChI=1S/C21H17Cl2N3O5S/c1-29-17-8-12(4-6-16(17)31-11-13-3-5-14(22)15(23)7-13)10-24-26-21-25-20(28)18(32-21)9-19(27)30-2/h3-10H,11H2,1-2H3,(H,25,26,28)/b18-9+,24-10?. The van der Waals surface area contributed by atoms with Gasteiger partial charge in [-0.1, -0.05) is 29.3 Å². The highest BCUT2D eigenvalue weighted by Crippen LogP contribution is 2.29. The first-order chi connectivity index (χ1) is 15.4. The Labute approximate surface area is 198 Å². The lowest BCUT2D eigenvalue weighted by atomic mass is 10.2. The van der Waals surface area contributed by atoms with E-state index in [1.54, 1.807) is 30.3 Å². The highest BCUT2D eigenvalue weighted by Gasteiger charge is 2.25. The third-order valence-electron chi connectivity index (χ3n) is 4.02. The molecule has 11 heteroatoms. The van der Waals surface area contributed by atoms with Crippen LogP contribution in [0.2, 0.25) is 10.0 Å². The Balaban J connectivity index is 1.65. The van der Waals surface area contributed by atoms with Gasteiger partial charge in [0.1, 0.15) is 6.61 Å². The molecule has 2 aromatic rings. The number of carbonyl (C=O) groups is 2. The molecule has 0 saturated carbocycles. The molecule has 1 fully saturated rings. The maximum atomic E-state index is 11.8. The van der Waals surface area contributed by atoms with Crippen LogP contribution in [-0.4, -0.2) is 37.5 Å². The zero-order valence-electron chi connectivity index (χ0n) is 16.9. The first-order valence-corrected chi connectivity index (χ1v) is 10.6. The molecular weight excluding hydrogens is 477 g/mol. The van der Waals surface area contributed by atoms with Crippen LogP contribution in [0.15, 0.2) is 57.6 Å². The van der Waals surface area contributed by atoms with Gasteiger partial charge in [-0.2, -0.15) is 5.10 Å². The number of esters is 1. The fourth-order valence-corrected chi connectivity index (χ4v) is 3.52. The van der Waals surface area contributed by atoms with Crippen molar-refractivity contribution in [1.82, 2.24) is 5.32 Å². The van der Waals surface area contributed by atoms with E-state index >= 15 is 0 Å². The average molecular weight is 494 g/mol. The Bertz CT molecular complexity index is 1130. The fraction of sp³-hybridized carbons (Fsp3) is 0.143. The molecule has 0 unspecified atom stereocenters. The number of benzene rings is 2. The van der Waals surface area contributed by atoms with Gasteiger partial charge in [0.25, 0.3) is 5.91 Å². The number of carbonyl (C=O) groups excluding carboxylic acids is 2. The Hall–Kier alpha value is -3.01. The summed E-state index contributed by atoms with van der Waals surface area (Å²) >= 11 is 12.9. The van der Waals surface area contributed by atoms with Gasteiger partial charge >= 0.3 is 5.97 Å². The third-order valence-corrected chi connectivity index (χ3v) is 5.66. The number of nitrogens with one attached hydrogen (secondary N) is 1. The van der Waals surface area contributed by atoms with Crippen molar-refractivity contribution in [3.63, 3.8) is 0 Å². The molecule has 0 aliphatic carbocycles. The summed E-state index contributed by atoms with van der Waals surface area (Å²) in [5, 5.41) is 11.6. The van der Waals surface area contributed by atoms with E-state index in [9.17, 15) is 9.59 Å². The van der Waals surface area contributed by atoms with Crippen LogP contribution in [0.3, 0.4) is 0 Å². The van der Waals surface area contributed by atoms with Crippen molar-refractivity contribution < 1.29 is 23.8 Å². The molecule has 0 aromatic heterocycles. The summed E-state index contributed by atoms with van der Waals surface area (Å²) < 4.78 is 15.7. The van der Waals surface area contributed by atoms with Gasteiger partial charge in [0.2, 0.25) is 0 Å². The fourth-order valence-electron chi connectivity index (χ4n) is 2.46. The van der Waals surface area contributed by atoms with E-state index in [1.165, 1.54) is 20.4 Å². The smallest absolute Gasteiger partial charge is 0.331 e. The Morgan fingerprint density at radius 3 is 2.66 bits per heavy atom. The molecule has 1 aliphatic heterocycles. The summed E-state index contributed by atoms with van der Waals surface area (Å²) in [7, 11) is 2.76. The minimum atomic E-state index is -0.624. The van der Waals surface area contributed by atoms with Crippen LogP contribution < -0.4 is 14.8 Å². The van der Waals surface area contributed by atoms with Crippen LogP contribution in [0, 0.1) is 0 Å². The van der Waals surface area contributed by atoms with E-state index in [2.05, 4.69) is 20.3 Å². The molecule has 0 spiro atoms. The molecular formula is C21H17Cl2N3O5S. The van der Waals surface area contributed by atoms with E-state index in [0.717, 1.165) is 23.4 Å². The number of ether oxygens (including phenoxy) is 3. The predicted molar refractivity (Wildman–Crippen MR) is 125 cm³/mol. The van der Waals surface area contributed by atoms with Crippen molar-refractivity contribution in [2.45, 2.75) is 6.61 Å². The summed E-state index contributed by atoms with van der Waals surface area (Å²) in [5.41, 5.74) is 1.56. The molecule has 0 atom stereocenters. The first kappa shape index (κ1) is 23.6. The van der Waals surface area contributed by atoms with Crippen molar-refractivity contribution in [1.29, 1.82) is 0 Å². The molecule has 1 amide bonds. The number of amidine groups is 1. The highest BCUT2D eigenvalue weighted by atomic mass is 35.5. The summed E-state index contributed by atoms with van der Waals surface area (Å²) in [4.78, 5) is 23.2. The van der Waals surface area contributed by atoms with Gasteiger partial charge in [0, 0.05) is 6.08 Å². The van der Waals surface area contributed by atoms with Crippen LogP contribution >= 0.6 is 35.0 Å². The molecule has 1 aliphatic rings. The summed E-state index contributed by atoms with van der Waals surface area (Å²) in [6, 6.07) is 10.5. The van der Waals surface area contributed by atoms with Crippen LogP contribution in [0.4, 0.5) is 0 Å². The average Bonchev–Trinajstić information content (AvgIpc) is 3.13. The molecule has 8 nitrogen and oxygen atoms in total. The second-order valence-electron chi connectivity index (χ2n) is 6.19. The lowest BCUT2D eigenvalue weighted by Gasteiger charge is -2.11. The van der Waals surface area contributed by atoms with Gasteiger partial charge in [-0.05, 0) is 53.2 Å². The molecule has 32 heavy (non-hydrogen) atoms.